The number of anilines is 2. The summed E-state index contributed by atoms with van der Waals surface area (Å²) in [4.78, 5) is 12.2. The number of halogens is 1. The average molecular weight is 340 g/mol. The Morgan fingerprint density at radius 2 is 1.71 bits per heavy atom. The van der Waals surface area contributed by atoms with E-state index in [1.54, 1.807) is 18.2 Å². The molecule has 24 heavy (non-hydrogen) atoms. The van der Waals surface area contributed by atoms with Crippen LogP contribution in [0.15, 0.2) is 48.2 Å². The van der Waals surface area contributed by atoms with Crippen LogP contribution in [0.3, 0.4) is 0 Å². The molecule has 0 atom stereocenters. The molecule has 0 heterocycles. The second kappa shape index (κ2) is 7.67. The van der Waals surface area contributed by atoms with Crippen LogP contribution < -0.4 is 10.6 Å². The van der Waals surface area contributed by atoms with Crippen molar-refractivity contribution in [2.24, 2.45) is 0 Å². The summed E-state index contributed by atoms with van der Waals surface area (Å²) < 4.78 is 0. The van der Waals surface area contributed by atoms with E-state index >= 15 is 0 Å². The number of hydrogen-bond donors (Lipinski definition) is 2. The lowest BCUT2D eigenvalue weighted by molar-refractivity contribution is -0.112. The number of nitrogens with zero attached hydrogens (tertiary/aromatic N) is 1. The molecule has 0 aliphatic carbocycles. The molecule has 0 saturated carbocycles. The molecule has 2 aromatic carbocycles. The molecule has 2 N–H and O–H groups in total. The Labute approximate surface area is 146 Å². The van der Waals surface area contributed by atoms with Crippen LogP contribution in [0.4, 0.5) is 11.4 Å². The first kappa shape index (κ1) is 17.6. The first-order valence-electron chi connectivity index (χ1n) is 7.42. The third kappa shape index (κ3) is 4.37. The third-order valence-electron chi connectivity index (χ3n) is 3.68. The van der Waals surface area contributed by atoms with E-state index in [4.69, 9.17) is 11.6 Å². The normalized spacial score (nSPS) is 10.9. The van der Waals surface area contributed by atoms with Gasteiger partial charge in [0.15, 0.2) is 0 Å². The fourth-order valence-electron chi connectivity index (χ4n) is 2.00. The summed E-state index contributed by atoms with van der Waals surface area (Å²) in [7, 11) is 0. The lowest BCUT2D eigenvalue weighted by atomic mass is 10.1. The van der Waals surface area contributed by atoms with Gasteiger partial charge in [0.05, 0.1) is 0 Å². The molecule has 4 nitrogen and oxygen atoms in total. The van der Waals surface area contributed by atoms with Crippen LogP contribution in [0.1, 0.15) is 16.7 Å². The van der Waals surface area contributed by atoms with E-state index < -0.39 is 5.91 Å². The highest BCUT2D eigenvalue weighted by molar-refractivity contribution is 6.31. The lowest BCUT2D eigenvalue weighted by Crippen LogP contribution is -2.14. The van der Waals surface area contributed by atoms with Gasteiger partial charge < -0.3 is 10.6 Å². The number of nitrogens with one attached hydrogen (secondary N) is 2. The summed E-state index contributed by atoms with van der Waals surface area (Å²) in [6, 6.07) is 12.9. The Bertz CT molecular complexity index is 850. The highest BCUT2D eigenvalue weighted by Crippen LogP contribution is 2.20. The van der Waals surface area contributed by atoms with Crippen molar-refractivity contribution in [3.63, 3.8) is 0 Å². The van der Waals surface area contributed by atoms with E-state index in [2.05, 4.69) is 10.6 Å². The molecule has 0 aliphatic rings. The number of carbonyl (C=O) groups excluding carboxylic acids is 1. The number of aryl methyl sites for hydroxylation is 3. The van der Waals surface area contributed by atoms with Gasteiger partial charge >= 0.3 is 0 Å². The maximum absolute atomic E-state index is 12.2. The molecule has 0 bridgehead atoms. The summed E-state index contributed by atoms with van der Waals surface area (Å²) in [6.07, 6.45) is 1.40. The summed E-state index contributed by atoms with van der Waals surface area (Å²) in [5.41, 5.74) is 4.57. The first-order chi connectivity index (χ1) is 11.4. The summed E-state index contributed by atoms with van der Waals surface area (Å²) >= 11 is 6.04. The molecule has 0 aliphatic heterocycles. The van der Waals surface area contributed by atoms with Crippen LogP contribution in [-0.4, -0.2) is 5.91 Å². The van der Waals surface area contributed by atoms with Crippen molar-refractivity contribution in [1.82, 2.24) is 0 Å². The number of hydrogen-bond acceptors (Lipinski definition) is 3. The number of rotatable bonds is 4. The Kier molecular flexibility index (Phi) is 5.62. The Morgan fingerprint density at radius 1 is 1.04 bits per heavy atom. The summed E-state index contributed by atoms with van der Waals surface area (Å²) in [5.74, 6) is -0.492. The van der Waals surface area contributed by atoms with E-state index in [0.29, 0.717) is 10.7 Å². The molecule has 0 radical (unpaired) electrons. The van der Waals surface area contributed by atoms with E-state index in [1.165, 1.54) is 11.8 Å². The topological polar surface area (TPSA) is 64.9 Å². The molecular formula is C19H18ClN3O. The zero-order valence-corrected chi connectivity index (χ0v) is 14.5. The van der Waals surface area contributed by atoms with Crippen LogP contribution in [0, 0.1) is 32.1 Å². The Balaban J connectivity index is 2.11. The van der Waals surface area contributed by atoms with Gasteiger partial charge in [0.25, 0.3) is 5.91 Å². The van der Waals surface area contributed by atoms with Crippen molar-refractivity contribution >= 4 is 28.9 Å². The highest BCUT2D eigenvalue weighted by Gasteiger charge is 2.10. The maximum Gasteiger partial charge on any atom is 0.267 e. The smallest absolute Gasteiger partial charge is 0.267 e. The van der Waals surface area contributed by atoms with Crippen LogP contribution >= 0.6 is 11.6 Å². The zero-order chi connectivity index (χ0) is 17.7. The van der Waals surface area contributed by atoms with Crippen molar-refractivity contribution in [1.29, 1.82) is 5.26 Å². The van der Waals surface area contributed by atoms with Crippen molar-refractivity contribution in [2.45, 2.75) is 20.8 Å². The number of nitriles is 1. The second-order valence-corrected chi connectivity index (χ2v) is 5.94. The highest BCUT2D eigenvalue weighted by atomic mass is 35.5. The molecule has 0 fully saturated rings. The van der Waals surface area contributed by atoms with Gasteiger partial charge in [-0.25, -0.2) is 0 Å². The minimum Gasteiger partial charge on any atom is -0.360 e. The largest absolute Gasteiger partial charge is 0.360 e. The monoisotopic (exact) mass is 339 g/mol. The number of benzene rings is 2. The molecule has 5 heteroatoms. The minimum absolute atomic E-state index is 0.0232. The quantitative estimate of drug-likeness (QED) is 0.625. The van der Waals surface area contributed by atoms with Crippen molar-refractivity contribution < 1.29 is 4.79 Å². The van der Waals surface area contributed by atoms with Crippen LogP contribution in [0.2, 0.25) is 5.02 Å². The predicted octanol–water partition coefficient (Wildman–Crippen LogP) is 4.72. The standard InChI is InChI=1S/C19H18ClN3O/c1-12-4-6-16(8-14(12)3)22-11-15(10-21)19(24)23-17-7-5-13(2)18(20)9-17/h4-9,11,22H,1-3H3,(H,23,24)/b15-11-. The molecular weight excluding hydrogens is 322 g/mol. The van der Waals surface area contributed by atoms with Gasteiger partial charge in [0, 0.05) is 22.6 Å². The van der Waals surface area contributed by atoms with Gasteiger partial charge in [-0.1, -0.05) is 23.7 Å². The summed E-state index contributed by atoms with van der Waals surface area (Å²) in [6.45, 7) is 5.90. The van der Waals surface area contributed by atoms with Crippen LogP contribution in [-0.2, 0) is 4.79 Å². The summed E-state index contributed by atoms with van der Waals surface area (Å²) in [5, 5.41) is 15.4. The molecule has 1 amide bonds. The fourth-order valence-corrected chi connectivity index (χ4v) is 2.18. The third-order valence-corrected chi connectivity index (χ3v) is 4.09. The molecule has 0 aromatic heterocycles. The zero-order valence-electron chi connectivity index (χ0n) is 13.8. The Morgan fingerprint density at radius 3 is 2.33 bits per heavy atom. The van der Waals surface area contributed by atoms with E-state index in [0.717, 1.165) is 16.8 Å². The number of amides is 1. The average Bonchev–Trinajstić information content (AvgIpc) is 2.55. The molecule has 0 spiro atoms. The molecule has 2 rings (SSSR count). The van der Waals surface area contributed by atoms with Crippen molar-refractivity contribution in [3.8, 4) is 6.07 Å². The lowest BCUT2D eigenvalue weighted by Gasteiger charge is -2.08. The van der Waals surface area contributed by atoms with Gasteiger partial charge in [-0.2, -0.15) is 5.26 Å². The predicted molar refractivity (Wildman–Crippen MR) is 98.1 cm³/mol. The SMILES string of the molecule is Cc1ccc(N/C=C(/C#N)C(=O)Nc2ccc(C)c(Cl)c2)cc1C. The van der Waals surface area contributed by atoms with Crippen molar-refractivity contribution in [3.05, 3.63) is 69.9 Å². The van der Waals surface area contributed by atoms with E-state index in [9.17, 15) is 10.1 Å². The van der Waals surface area contributed by atoms with E-state index in [1.807, 2.05) is 45.0 Å². The number of carbonyl (C=O) groups is 1. The van der Waals surface area contributed by atoms with Crippen LogP contribution in [0.25, 0.3) is 0 Å². The van der Waals surface area contributed by atoms with Gasteiger partial charge in [0.1, 0.15) is 11.6 Å². The molecule has 2 aromatic rings. The second-order valence-electron chi connectivity index (χ2n) is 5.53. The van der Waals surface area contributed by atoms with Gasteiger partial charge in [0.2, 0.25) is 0 Å². The molecule has 0 unspecified atom stereocenters. The van der Waals surface area contributed by atoms with Gasteiger partial charge in [-0.05, 0) is 61.7 Å². The van der Waals surface area contributed by atoms with Crippen molar-refractivity contribution in [2.75, 3.05) is 10.6 Å². The van der Waals surface area contributed by atoms with E-state index in [-0.39, 0.29) is 5.57 Å². The molecule has 122 valence electrons. The maximum atomic E-state index is 12.2. The minimum atomic E-state index is -0.492. The van der Waals surface area contributed by atoms with Gasteiger partial charge in [-0.15, -0.1) is 0 Å². The van der Waals surface area contributed by atoms with Crippen LogP contribution in [0.5, 0.6) is 0 Å². The first-order valence-corrected chi connectivity index (χ1v) is 7.80. The fraction of sp³-hybridized carbons (Fsp3) is 0.158. The van der Waals surface area contributed by atoms with Gasteiger partial charge in [-0.3, -0.25) is 4.79 Å². The Hall–Kier alpha value is -2.77. The molecule has 0 saturated heterocycles.